The first-order valence-corrected chi connectivity index (χ1v) is 22.2. The molecule has 0 spiro atoms. The second-order valence-corrected chi connectivity index (χ2v) is 15.2. The summed E-state index contributed by atoms with van der Waals surface area (Å²) >= 11 is 0. The number of unbranched alkanes of at least 4 members (excludes halogenated alkanes) is 19. The van der Waals surface area contributed by atoms with Crippen molar-refractivity contribution in [1.82, 2.24) is 4.90 Å². The van der Waals surface area contributed by atoms with Crippen LogP contribution < -0.4 is 0 Å². The largest absolute Gasteiger partial charge is 0.377 e. The Hall–Kier alpha value is -0.160. The van der Waals surface area contributed by atoms with E-state index in [0.717, 1.165) is 39.5 Å². The van der Waals surface area contributed by atoms with Crippen molar-refractivity contribution in [3.8, 4) is 0 Å². The van der Waals surface area contributed by atoms with Crippen LogP contribution in [0.2, 0.25) is 0 Å². The molecule has 290 valence electrons. The Labute approximate surface area is 304 Å². The third-order valence-electron chi connectivity index (χ3n) is 10.3. The van der Waals surface area contributed by atoms with E-state index in [9.17, 15) is 0 Å². The number of hydrogen-bond donors (Lipinski definition) is 0. The number of rotatable bonds is 41. The van der Waals surface area contributed by atoms with Gasteiger partial charge in [-0.05, 0) is 39.0 Å². The first-order valence-electron chi connectivity index (χ1n) is 22.2. The highest BCUT2D eigenvalue weighted by molar-refractivity contribution is 4.65. The smallest absolute Gasteiger partial charge is 0.0597 e. The molecule has 0 N–H and O–H groups in total. The molecular formula is C44H91NO3. The first kappa shape index (κ1) is 47.8. The average molecular weight is 682 g/mol. The van der Waals surface area contributed by atoms with Gasteiger partial charge in [-0.3, -0.25) is 4.90 Å². The van der Waals surface area contributed by atoms with Gasteiger partial charge in [-0.25, -0.2) is 0 Å². The van der Waals surface area contributed by atoms with Gasteiger partial charge < -0.3 is 14.2 Å². The van der Waals surface area contributed by atoms with Crippen molar-refractivity contribution in [2.75, 3.05) is 39.5 Å². The van der Waals surface area contributed by atoms with Gasteiger partial charge in [0.1, 0.15) is 0 Å². The molecule has 1 unspecified atom stereocenters. The minimum Gasteiger partial charge on any atom is -0.377 e. The highest BCUT2D eigenvalue weighted by Crippen LogP contribution is 2.18. The average Bonchev–Trinajstić information content (AvgIpc) is 3.08. The van der Waals surface area contributed by atoms with Crippen LogP contribution >= 0.6 is 0 Å². The maximum Gasteiger partial charge on any atom is 0.0597 e. The zero-order chi connectivity index (χ0) is 35.2. The van der Waals surface area contributed by atoms with Crippen molar-refractivity contribution < 1.29 is 14.2 Å². The van der Waals surface area contributed by atoms with Crippen LogP contribution in [0.3, 0.4) is 0 Å². The molecule has 0 fully saturated rings. The predicted octanol–water partition coefficient (Wildman–Crippen LogP) is 13.9. The molecule has 0 aliphatic carbocycles. The van der Waals surface area contributed by atoms with E-state index in [1.807, 2.05) is 0 Å². The van der Waals surface area contributed by atoms with Crippen molar-refractivity contribution in [2.45, 2.75) is 246 Å². The van der Waals surface area contributed by atoms with Gasteiger partial charge in [0.2, 0.25) is 0 Å². The van der Waals surface area contributed by atoms with Crippen LogP contribution in [0.15, 0.2) is 0 Å². The molecule has 0 aliphatic heterocycles. The van der Waals surface area contributed by atoms with Gasteiger partial charge in [-0.15, -0.1) is 0 Å². The monoisotopic (exact) mass is 682 g/mol. The molecule has 0 heterocycles. The topological polar surface area (TPSA) is 30.9 Å². The fourth-order valence-electron chi connectivity index (χ4n) is 6.88. The molecule has 0 bridgehead atoms. The molecule has 0 aromatic carbocycles. The minimum absolute atomic E-state index is 0.353. The lowest BCUT2D eigenvalue weighted by atomic mass is 10.0. The van der Waals surface area contributed by atoms with Crippen molar-refractivity contribution in [3.63, 3.8) is 0 Å². The highest BCUT2D eigenvalue weighted by Gasteiger charge is 2.14. The normalized spacial score (nSPS) is 12.7. The molecule has 1 atom stereocenters. The lowest BCUT2D eigenvalue weighted by Gasteiger charge is -2.26. The molecular weight excluding hydrogens is 590 g/mol. The Morgan fingerprint density at radius 1 is 0.333 bits per heavy atom. The summed E-state index contributed by atoms with van der Waals surface area (Å²) in [5.74, 6) is 0. The summed E-state index contributed by atoms with van der Waals surface area (Å²) in [6, 6.07) is 0. The summed E-state index contributed by atoms with van der Waals surface area (Å²) < 4.78 is 19.7. The molecule has 0 amide bonds. The van der Waals surface area contributed by atoms with Crippen LogP contribution in [0.1, 0.15) is 228 Å². The van der Waals surface area contributed by atoms with Crippen LogP contribution in [-0.2, 0) is 14.2 Å². The summed E-state index contributed by atoms with van der Waals surface area (Å²) in [6.07, 6.45) is 39.6. The number of nitrogens with zero attached hydrogens (tertiary/aromatic N) is 1. The Balaban J connectivity index is 5.03. The van der Waals surface area contributed by atoms with E-state index in [1.165, 1.54) is 186 Å². The Bertz CT molecular complexity index is 521. The van der Waals surface area contributed by atoms with E-state index < -0.39 is 0 Å². The Kier molecular flexibility index (Phi) is 39.5. The lowest BCUT2D eigenvalue weighted by molar-refractivity contribution is -0.00797. The fourth-order valence-corrected chi connectivity index (χ4v) is 6.88. The second-order valence-electron chi connectivity index (χ2n) is 15.2. The fraction of sp³-hybridized carbons (Fsp3) is 1.00. The minimum atomic E-state index is 0.353. The van der Waals surface area contributed by atoms with Crippen LogP contribution in [0.4, 0.5) is 0 Å². The molecule has 0 saturated carbocycles. The zero-order valence-electron chi connectivity index (χ0n) is 34.2. The van der Waals surface area contributed by atoms with Crippen molar-refractivity contribution >= 4 is 0 Å². The number of ether oxygens (including phenoxy) is 3. The van der Waals surface area contributed by atoms with E-state index in [2.05, 4.69) is 46.4 Å². The van der Waals surface area contributed by atoms with Crippen LogP contribution in [-0.4, -0.2) is 62.7 Å². The third kappa shape index (κ3) is 34.3. The molecule has 0 aromatic rings. The molecule has 0 aliphatic rings. The standard InChI is InChI=1S/C44H91NO3/c1-7-12-17-22-27-32-43(33-28-23-18-13-8-2)47-40-37-45(36-39-46-42(6)31-26-21-16-11-5)38-41-48-44(34-29-24-19-14-9-3)35-30-25-20-15-10-4/h42-44H,7-41H2,1-6H3. The van der Waals surface area contributed by atoms with Gasteiger partial charge >= 0.3 is 0 Å². The van der Waals surface area contributed by atoms with Crippen molar-refractivity contribution in [2.24, 2.45) is 0 Å². The van der Waals surface area contributed by atoms with Gasteiger partial charge in [0, 0.05) is 19.6 Å². The molecule has 48 heavy (non-hydrogen) atoms. The van der Waals surface area contributed by atoms with Gasteiger partial charge in [0.15, 0.2) is 0 Å². The highest BCUT2D eigenvalue weighted by atomic mass is 16.5. The van der Waals surface area contributed by atoms with E-state index >= 15 is 0 Å². The summed E-state index contributed by atoms with van der Waals surface area (Å²) in [4.78, 5) is 2.57. The Morgan fingerprint density at radius 2 is 0.604 bits per heavy atom. The molecule has 0 rings (SSSR count). The summed E-state index contributed by atoms with van der Waals surface area (Å²) in [7, 11) is 0. The van der Waals surface area contributed by atoms with Gasteiger partial charge in [0.25, 0.3) is 0 Å². The van der Waals surface area contributed by atoms with E-state index in [1.54, 1.807) is 0 Å². The molecule has 0 saturated heterocycles. The van der Waals surface area contributed by atoms with E-state index in [-0.39, 0.29) is 0 Å². The summed E-state index contributed by atoms with van der Waals surface area (Å²) in [5, 5.41) is 0. The quantitative estimate of drug-likeness (QED) is 0.0601. The third-order valence-corrected chi connectivity index (χ3v) is 10.3. The second kappa shape index (κ2) is 39.6. The van der Waals surface area contributed by atoms with Crippen molar-refractivity contribution in [3.05, 3.63) is 0 Å². The summed E-state index contributed by atoms with van der Waals surface area (Å²) in [5.41, 5.74) is 0. The maximum atomic E-state index is 6.66. The SMILES string of the molecule is CCCCCCCC(CCCCCCC)OCCN(CCOC(C)CCCCCC)CCOC(CCCCCCC)CCCCCCC. The lowest BCUT2D eigenvalue weighted by Crippen LogP contribution is -2.36. The van der Waals surface area contributed by atoms with Gasteiger partial charge in [0.05, 0.1) is 38.1 Å². The maximum absolute atomic E-state index is 6.66. The molecule has 0 radical (unpaired) electrons. The predicted molar refractivity (Wildman–Crippen MR) is 214 cm³/mol. The Morgan fingerprint density at radius 3 is 0.938 bits per heavy atom. The van der Waals surface area contributed by atoms with Crippen LogP contribution in [0.25, 0.3) is 0 Å². The number of hydrogen-bond acceptors (Lipinski definition) is 4. The first-order chi connectivity index (χ1) is 23.6. The van der Waals surface area contributed by atoms with Crippen LogP contribution in [0.5, 0.6) is 0 Å². The van der Waals surface area contributed by atoms with Crippen molar-refractivity contribution in [1.29, 1.82) is 0 Å². The summed E-state index contributed by atoms with van der Waals surface area (Å²) in [6.45, 7) is 19.2. The van der Waals surface area contributed by atoms with E-state index in [4.69, 9.17) is 14.2 Å². The van der Waals surface area contributed by atoms with Gasteiger partial charge in [-0.2, -0.15) is 0 Å². The van der Waals surface area contributed by atoms with Crippen LogP contribution in [0, 0.1) is 0 Å². The van der Waals surface area contributed by atoms with Gasteiger partial charge in [-0.1, -0.05) is 189 Å². The zero-order valence-corrected chi connectivity index (χ0v) is 34.2. The molecule has 4 heteroatoms. The molecule has 0 aromatic heterocycles. The van der Waals surface area contributed by atoms with E-state index in [0.29, 0.717) is 18.3 Å². The molecule has 4 nitrogen and oxygen atoms in total.